The van der Waals surface area contributed by atoms with Gasteiger partial charge in [0.1, 0.15) is 0 Å². The molecule has 2 rings (SSSR count). The van der Waals surface area contributed by atoms with E-state index in [4.69, 9.17) is 19.0 Å². The van der Waals surface area contributed by atoms with Gasteiger partial charge in [-0.2, -0.15) is 0 Å². The van der Waals surface area contributed by atoms with E-state index < -0.39 is 14.4 Å². The van der Waals surface area contributed by atoms with Gasteiger partial charge in [0.05, 0.1) is 53.9 Å². The van der Waals surface area contributed by atoms with Crippen LogP contribution in [0.3, 0.4) is 0 Å². The summed E-state index contributed by atoms with van der Waals surface area (Å²) in [6.45, 7) is 18.2. The standard InChI is InChI=1S/C20H38IN3O4Si/c1-9-27-19-18(21)15(10-23(6)16-12-26-13-17(16)25)24(22-19)14(2)11-28-29(7,8)20(3,4)5/h14,16-17,25H,9-13H2,1-8H3/t14-,16+,17-/m0/s1. The number of aliphatic hydroxyl groups is 1. The van der Waals surface area contributed by atoms with Crippen molar-refractivity contribution in [2.75, 3.05) is 33.5 Å². The molecule has 168 valence electrons. The second-order valence-corrected chi connectivity index (χ2v) is 15.3. The molecular weight excluding hydrogens is 501 g/mol. The van der Waals surface area contributed by atoms with E-state index in [0.717, 1.165) is 9.26 Å². The van der Waals surface area contributed by atoms with Gasteiger partial charge in [-0.3, -0.25) is 9.58 Å². The fourth-order valence-corrected chi connectivity index (χ4v) is 4.86. The van der Waals surface area contributed by atoms with E-state index in [1.807, 2.05) is 18.7 Å². The van der Waals surface area contributed by atoms with Crippen molar-refractivity contribution in [3.8, 4) is 5.88 Å². The lowest BCUT2D eigenvalue weighted by Gasteiger charge is -2.37. The fraction of sp³-hybridized carbons (Fsp3) is 0.850. The van der Waals surface area contributed by atoms with Crippen LogP contribution < -0.4 is 4.74 Å². The zero-order valence-electron chi connectivity index (χ0n) is 19.2. The van der Waals surface area contributed by atoms with Crippen LogP contribution in [0, 0.1) is 3.57 Å². The third kappa shape index (κ3) is 5.94. The van der Waals surface area contributed by atoms with E-state index in [9.17, 15) is 5.11 Å². The van der Waals surface area contributed by atoms with Crippen molar-refractivity contribution in [2.45, 2.75) is 77.5 Å². The van der Waals surface area contributed by atoms with Gasteiger partial charge in [-0.25, -0.2) is 0 Å². The van der Waals surface area contributed by atoms with Gasteiger partial charge >= 0.3 is 0 Å². The van der Waals surface area contributed by atoms with Gasteiger partial charge in [-0.1, -0.05) is 20.8 Å². The van der Waals surface area contributed by atoms with E-state index in [2.05, 4.69) is 68.3 Å². The molecule has 1 saturated heterocycles. The van der Waals surface area contributed by atoms with Gasteiger partial charge in [0, 0.05) is 6.54 Å². The van der Waals surface area contributed by atoms with E-state index >= 15 is 0 Å². The molecule has 0 unspecified atom stereocenters. The van der Waals surface area contributed by atoms with Crippen LogP contribution in [0.5, 0.6) is 5.88 Å². The second-order valence-electron chi connectivity index (χ2n) is 9.45. The number of ether oxygens (including phenoxy) is 2. The van der Waals surface area contributed by atoms with Gasteiger partial charge in [-0.05, 0) is 61.6 Å². The first-order chi connectivity index (χ1) is 13.4. The molecule has 0 radical (unpaired) electrons. The molecule has 0 aliphatic carbocycles. The Morgan fingerprint density at radius 2 is 2.03 bits per heavy atom. The molecule has 1 aliphatic rings. The molecule has 1 fully saturated rings. The first kappa shape index (κ1) is 25.1. The molecule has 0 amide bonds. The van der Waals surface area contributed by atoms with Crippen molar-refractivity contribution < 1.29 is 19.0 Å². The number of halogens is 1. The molecule has 0 aromatic carbocycles. The number of aliphatic hydroxyl groups excluding tert-OH is 1. The van der Waals surface area contributed by atoms with Crippen molar-refractivity contribution in [2.24, 2.45) is 0 Å². The molecule has 1 N–H and O–H groups in total. The zero-order chi connectivity index (χ0) is 22.0. The lowest BCUT2D eigenvalue weighted by atomic mass is 10.2. The van der Waals surface area contributed by atoms with Crippen molar-refractivity contribution in [1.29, 1.82) is 0 Å². The summed E-state index contributed by atoms with van der Waals surface area (Å²) < 4.78 is 20.7. The van der Waals surface area contributed by atoms with Gasteiger partial charge in [0.2, 0.25) is 5.88 Å². The number of hydrogen-bond donors (Lipinski definition) is 1. The monoisotopic (exact) mass is 539 g/mol. The number of hydrogen-bond acceptors (Lipinski definition) is 6. The molecule has 1 aromatic rings. The van der Waals surface area contributed by atoms with Gasteiger partial charge in [0.25, 0.3) is 0 Å². The first-order valence-corrected chi connectivity index (χ1v) is 14.4. The third-order valence-electron chi connectivity index (χ3n) is 6.09. The Morgan fingerprint density at radius 1 is 1.38 bits per heavy atom. The van der Waals surface area contributed by atoms with Crippen molar-refractivity contribution >= 4 is 30.9 Å². The summed E-state index contributed by atoms with van der Waals surface area (Å²) in [7, 11) is 0.184. The number of likely N-dealkylation sites (N-methyl/N-ethyl adjacent to an activating group) is 1. The Bertz CT molecular complexity index is 677. The first-order valence-electron chi connectivity index (χ1n) is 10.4. The predicted octanol–water partition coefficient (Wildman–Crippen LogP) is 3.66. The maximum atomic E-state index is 10.2. The minimum Gasteiger partial charge on any atom is -0.476 e. The Labute approximate surface area is 190 Å². The van der Waals surface area contributed by atoms with Crippen LogP contribution in [0.4, 0.5) is 0 Å². The van der Waals surface area contributed by atoms with Gasteiger partial charge in [0.15, 0.2) is 8.32 Å². The smallest absolute Gasteiger partial charge is 0.246 e. The van der Waals surface area contributed by atoms with Gasteiger partial charge in [-0.15, -0.1) is 5.10 Å². The molecule has 1 aliphatic heterocycles. The topological polar surface area (TPSA) is 69.0 Å². The summed E-state index contributed by atoms with van der Waals surface area (Å²) >= 11 is 2.32. The van der Waals surface area contributed by atoms with Crippen molar-refractivity contribution in [3.63, 3.8) is 0 Å². The average Bonchev–Trinajstić information content (AvgIpc) is 3.17. The molecule has 3 atom stereocenters. The highest BCUT2D eigenvalue weighted by Gasteiger charge is 2.38. The summed E-state index contributed by atoms with van der Waals surface area (Å²) in [5.74, 6) is 0.666. The lowest BCUT2D eigenvalue weighted by Crippen LogP contribution is -2.42. The largest absolute Gasteiger partial charge is 0.476 e. The van der Waals surface area contributed by atoms with Crippen molar-refractivity contribution in [3.05, 3.63) is 9.26 Å². The fourth-order valence-electron chi connectivity index (χ4n) is 3.08. The van der Waals surface area contributed by atoms with Crippen LogP contribution in [-0.2, 0) is 15.7 Å². The normalized spacial score (nSPS) is 21.8. The molecule has 0 spiro atoms. The Balaban J connectivity index is 2.22. The van der Waals surface area contributed by atoms with Crippen LogP contribution in [0.25, 0.3) is 0 Å². The zero-order valence-corrected chi connectivity index (χ0v) is 22.3. The average molecular weight is 540 g/mol. The number of aromatic nitrogens is 2. The lowest BCUT2D eigenvalue weighted by molar-refractivity contribution is 0.0905. The van der Waals surface area contributed by atoms with Crippen LogP contribution in [0.15, 0.2) is 0 Å². The summed E-state index contributed by atoms with van der Waals surface area (Å²) in [6.07, 6.45) is -0.459. The van der Waals surface area contributed by atoms with E-state index in [0.29, 0.717) is 38.9 Å². The Hall–Kier alpha value is -0.203. The number of rotatable bonds is 9. The van der Waals surface area contributed by atoms with Gasteiger partial charge < -0.3 is 19.0 Å². The highest BCUT2D eigenvalue weighted by atomic mass is 127. The summed E-state index contributed by atoms with van der Waals surface area (Å²) in [4.78, 5) is 2.14. The summed E-state index contributed by atoms with van der Waals surface area (Å²) in [6, 6.07) is 0.0727. The highest BCUT2D eigenvalue weighted by molar-refractivity contribution is 14.1. The highest BCUT2D eigenvalue weighted by Crippen LogP contribution is 2.37. The van der Waals surface area contributed by atoms with Crippen LogP contribution >= 0.6 is 22.6 Å². The van der Waals surface area contributed by atoms with Crippen LogP contribution in [0.1, 0.15) is 46.4 Å². The number of nitrogens with zero attached hydrogens (tertiary/aromatic N) is 3. The minimum atomic E-state index is -1.84. The third-order valence-corrected chi connectivity index (χ3v) is 11.7. The molecule has 0 saturated carbocycles. The molecule has 2 heterocycles. The molecule has 1 aromatic heterocycles. The molecule has 0 bridgehead atoms. The molecule has 9 heteroatoms. The SMILES string of the molecule is CCOc1nn([C@@H](C)CO[Si](C)(C)C(C)(C)C)c(CN(C)[C@@H]2COC[C@@H]2O)c1I. The quantitative estimate of drug-likeness (QED) is 0.382. The van der Waals surface area contributed by atoms with Crippen LogP contribution in [0.2, 0.25) is 18.1 Å². The maximum absolute atomic E-state index is 10.2. The summed E-state index contributed by atoms with van der Waals surface area (Å²) in [5.41, 5.74) is 1.09. The second kappa shape index (κ2) is 9.95. The molecule has 7 nitrogen and oxygen atoms in total. The summed E-state index contributed by atoms with van der Waals surface area (Å²) in [5, 5.41) is 15.1. The van der Waals surface area contributed by atoms with E-state index in [-0.39, 0.29) is 17.1 Å². The Morgan fingerprint density at radius 3 is 2.55 bits per heavy atom. The van der Waals surface area contributed by atoms with Crippen molar-refractivity contribution in [1.82, 2.24) is 14.7 Å². The molecule has 29 heavy (non-hydrogen) atoms. The Kier molecular flexibility index (Phi) is 8.60. The maximum Gasteiger partial charge on any atom is 0.246 e. The minimum absolute atomic E-state index is 0.0107. The predicted molar refractivity (Wildman–Crippen MR) is 126 cm³/mol. The molecular formula is C20H38IN3O4Si. The van der Waals surface area contributed by atoms with E-state index in [1.165, 1.54) is 0 Å². The van der Waals surface area contributed by atoms with Crippen LogP contribution in [-0.4, -0.2) is 73.7 Å². The van der Waals surface area contributed by atoms with E-state index in [1.54, 1.807) is 0 Å².